The topological polar surface area (TPSA) is 153 Å². The fourth-order valence-electron chi connectivity index (χ4n) is 7.94. The van der Waals surface area contributed by atoms with E-state index in [1.54, 1.807) is 58.0 Å². The largest absolute Gasteiger partial charge is 0.493 e. The third-order valence-corrected chi connectivity index (χ3v) is 14.1. The summed E-state index contributed by atoms with van der Waals surface area (Å²) in [7, 11) is 6.55. The van der Waals surface area contributed by atoms with Gasteiger partial charge in [0.1, 0.15) is 19.0 Å². The van der Waals surface area contributed by atoms with Gasteiger partial charge in [0.05, 0.1) is 66.8 Å². The second-order valence-corrected chi connectivity index (χ2v) is 19.4. The maximum absolute atomic E-state index is 13.7. The lowest BCUT2D eigenvalue weighted by Gasteiger charge is -2.21. The summed E-state index contributed by atoms with van der Waals surface area (Å²) in [4.78, 5) is 57.8. The van der Waals surface area contributed by atoms with Crippen LogP contribution in [0.5, 0.6) is 28.7 Å². The van der Waals surface area contributed by atoms with Crippen molar-refractivity contribution in [2.45, 2.75) is 89.8 Å². The second kappa shape index (κ2) is 20.4. The quantitative estimate of drug-likeness (QED) is 0.0744. The lowest BCUT2D eigenvalue weighted by atomic mass is 10.1. The molecule has 2 fully saturated rings. The molecule has 0 saturated carbocycles. The van der Waals surface area contributed by atoms with Crippen LogP contribution in [-0.2, 0) is 18.0 Å². The van der Waals surface area contributed by atoms with Crippen molar-refractivity contribution in [2.24, 2.45) is 9.98 Å². The summed E-state index contributed by atoms with van der Waals surface area (Å²) in [6, 6.07) is 10.2. The van der Waals surface area contributed by atoms with Crippen molar-refractivity contribution in [1.29, 1.82) is 0 Å². The Morgan fingerprint density at radius 2 is 1.32 bits per heavy atom. The molecular weight excluding hydrogens is 841 g/mol. The number of aliphatic imine (C=N–C) groups is 2. The molecule has 0 spiro atoms. The standard InChI is InChI=1S/C47H56N6O8S2/c1-8-29-15-33-23-49-38-21-42(40(57-5)19-36(38)45(55)52(33)25-29)60-27-31-17-35(59-14-10-13-48-44(54)11-12-47(3,4)63-62-7)18-32(51-31)28-61-43-22-39-37(20-41(43)58-6)46(56)53-26-30(9-2)16-34(53)24-50-39/h8-9,17-24,33-34H,10-16,25-28H2,1-7H3,(H,48,54)/b29-8+,30-9+/t33-,34-/m0/s1. The van der Waals surface area contributed by atoms with Crippen molar-refractivity contribution in [2.75, 3.05) is 46.7 Å². The molecule has 2 atom stereocenters. The van der Waals surface area contributed by atoms with E-state index in [1.807, 2.05) is 42.3 Å². The number of aromatic nitrogens is 1. The Hall–Kier alpha value is -5.48. The maximum Gasteiger partial charge on any atom is 0.257 e. The van der Waals surface area contributed by atoms with Gasteiger partial charge in [-0.2, -0.15) is 0 Å². The first-order valence-corrected chi connectivity index (χ1v) is 23.8. The van der Waals surface area contributed by atoms with Gasteiger partial charge < -0.3 is 38.8 Å². The third-order valence-electron chi connectivity index (χ3n) is 11.5. The first-order valence-electron chi connectivity index (χ1n) is 21.2. The highest BCUT2D eigenvalue weighted by molar-refractivity contribution is 8.76. The summed E-state index contributed by atoms with van der Waals surface area (Å²) in [6.45, 7) is 10.3. The minimum atomic E-state index is -0.109. The molecule has 7 rings (SSSR count). The molecule has 3 aromatic rings. The van der Waals surface area contributed by atoms with Crippen molar-refractivity contribution in [1.82, 2.24) is 20.1 Å². The minimum absolute atomic E-state index is 0.0155. The number of nitrogens with zero attached hydrogens (tertiary/aromatic N) is 5. The van der Waals surface area contributed by atoms with Crippen LogP contribution in [-0.4, -0.2) is 108 Å². The molecule has 4 aliphatic heterocycles. The van der Waals surface area contributed by atoms with Crippen LogP contribution < -0.4 is 29.0 Å². The van der Waals surface area contributed by atoms with Crippen molar-refractivity contribution in [3.05, 3.63) is 82.2 Å². The monoisotopic (exact) mass is 896 g/mol. The van der Waals surface area contributed by atoms with Gasteiger partial charge in [0.15, 0.2) is 23.0 Å². The number of hydrogen-bond acceptors (Lipinski definition) is 13. The van der Waals surface area contributed by atoms with Gasteiger partial charge in [0, 0.05) is 67.5 Å². The van der Waals surface area contributed by atoms with Gasteiger partial charge in [-0.15, -0.1) is 0 Å². The molecule has 0 radical (unpaired) electrons. The predicted octanol–water partition coefficient (Wildman–Crippen LogP) is 8.47. The average molecular weight is 897 g/mol. The Bertz CT molecular complexity index is 2210. The number of hydrogen-bond donors (Lipinski definition) is 1. The first-order chi connectivity index (χ1) is 30.4. The number of ether oxygens (including phenoxy) is 5. The van der Waals surface area contributed by atoms with Gasteiger partial charge in [-0.3, -0.25) is 29.4 Å². The number of amides is 3. The van der Waals surface area contributed by atoms with E-state index in [-0.39, 0.29) is 47.8 Å². The van der Waals surface area contributed by atoms with E-state index >= 15 is 0 Å². The number of carbonyl (C=O) groups is 3. The van der Waals surface area contributed by atoms with Crippen molar-refractivity contribution in [3.8, 4) is 28.7 Å². The summed E-state index contributed by atoms with van der Waals surface area (Å²) in [6.07, 6.45) is 13.2. The minimum Gasteiger partial charge on any atom is -0.493 e. The Kier molecular flexibility index (Phi) is 14.7. The highest BCUT2D eigenvalue weighted by Crippen LogP contribution is 2.41. The van der Waals surface area contributed by atoms with Crippen LogP contribution >= 0.6 is 21.6 Å². The Balaban J connectivity index is 1.07. The molecular formula is C47H56N6O8S2. The molecule has 16 heteroatoms. The molecule has 3 amide bonds. The lowest BCUT2D eigenvalue weighted by Crippen LogP contribution is -2.35. The van der Waals surface area contributed by atoms with Gasteiger partial charge in [0.25, 0.3) is 11.8 Å². The third kappa shape index (κ3) is 10.8. The maximum atomic E-state index is 13.7. The molecule has 14 nitrogen and oxygen atoms in total. The molecule has 1 aromatic heterocycles. The smallest absolute Gasteiger partial charge is 0.257 e. The van der Waals surface area contributed by atoms with Crippen LogP contribution in [0, 0.1) is 0 Å². The van der Waals surface area contributed by atoms with E-state index in [0.29, 0.717) is 102 Å². The fraction of sp³-hybridized carbons (Fsp3) is 0.447. The molecule has 2 saturated heterocycles. The number of pyridine rings is 1. The van der Waals surface area contributed by atoms with Gasteiger partial charge in [0.2, 0.25) is 5.91 Å². The number of benzene rings is 2. The number of carbonyl (C=O) groups excluding carboxylic acids is 3. The lowest BCUT2D eigenvalue weighted by molar-refractivity contribution is -0.121. The average Bonchev–Trinajstić information content (AvgIpc) is 3.85. The number of nitrogens with one attached hydrogen (secondary N) is 1. The molecule has 0 bridgehead atoms. The zero-order chi connectivity index (χ0) is 44.7. The van der Waals surface area contributed by atoms with Crippen molar-refractivity contribution >= 4 is 63.1 Å². The van der Waals surface area contributed by atoms with E-state index in [0.717, 1.165) is 19.3 Å². The van der Waals surface area contributed by atoms with Crippen molar-refractivity contribution < 1.29 is 38.1 Å². The van der Waals surface area contributed by atoms with Crippen LogP contribution in [0.4, 0.5) is 11.4 Å². The molecule has 0 unspecified atom stereocenters. The Morgan fingerprint density at radius 3 is 1.79 bits per heavy atom. The molecule has 2 aromatic carbocycles. The van der Waals surface area contributed by atoms with Crippen LogP contribution in [0.3, 0.4) is 0 Å². The summed E-state index contributed by atoms with van der Waals surface area (Å²) < 4.78 is 30.3. The summed E-state index contributed by atoms with van der Waals surface area (Å²) in [5, 5.41) is 3.01. The number of methoxy groups -OCH3 is 2. The highest BCUT2D eigenvalue weighted by Gasteiger charge is 2.36. The predicted molar refractivity (Wildman–Crippen MR) is 249 cm³/mol. The van der Waals surface area contributed by atoms with Crippen LogP contribution in [0.1, 0.15) is 91.9 Å². The first kappa shape index (κ1) is 45.5. The number of rotatable bonds is 18. The number of allylic oxidation sites excluding steroid dienone is 2. The summed E-state index contributed by atoms with van der Waals surface area (Å²) in [5.41, 5.74) is 5.40. The zero-order valence-corrected chi connectivity index (χ0v) is 38.7. The molecule has 5 heterocycles. The molecule has 0 aliphatic carbocycles. The van der Waals surface area contributed by atoms with Gasteiger partial charge >= 0.3 is 0 Å². The van der Waals surface area contributed by atoms with Gasteiger partial charge in [-0.1, -0.05) is 44.9 Å². The van der Waals surface area contributed by atoms with E-state index in [1.165, 1.54) is 25.4 Å². The Morgan fingerprint density at radius 1 is 0.794 bits per heavy atom. The van der Waals surface area contributed by atoms with E-state index in [9.17, 15) is 14.4 Å². The summed E-state index contributed by atoms with van der Waals surface area (Å²) >= 11 is 0. The van der Waals surface area contributed by atoms with E-state index in [4.69, 9.17) is 38.7 Å². The molecule has 1 N–H and O–H groups in total. The van der Waals surface area contributed by atoms with Crippen molar-refractivity contribution in [3.63, 3.8) is 0 Å². The fourth-order valence-corrected chi connectivity index (χ4v) is 10.2. The van der Waals surface area contributed by atoms with E-state index < -0.39 is 0 Å². The Labute approximate surface area is 377 Å². The zero-order valence-electron chi connectivity index (χ0n) is 37.0. The van der Waals surface area contributed by atoms with Crippen LogP contribution in [0.25, 0.3) is 0 Å². The SMILES string of the molecule is C/C=C1\C[C@H]2C=Nc3cc(OCc4cc(OCCCNC(=O)CCC(C)(C)SSC)cc(COc5cc6c(cc5OC)C(=O)N5C/C(=C/C)C[C@H]5C=N6)n4)c(OC)cc3C(=O)N2C1. The highest BCUT2D eigenvalue weighted by atomic mass is 33.1. The van der Waals surface area contributed by atoms with Crippen LogP contribution in [0.15, 0.2) is 69.7 Å². The number of fused-ring (bicyclic) bond motifs is 4. The second-order valence-electron chi connectivity index (χ2n) is 16.3. The molecule has 334 valence electrons. The molecule has 4 aliphatic rings. The van der Waals surface area contributed by atoms with Gasteiger partial charge in [-0.05, 0) is 71.8 Å². The normalized spacial score (nSPS) is 19.0. The molecule has 63 heavy (non-hydrogen) atoms. The van der Waals surface area contributed by atoms with E-state index in [2.05, 4.69) is 31.3 Å². The van der Waals surface area contributed by atoms with Crippen LogP contribution in [0.2, 0.25) is 0 Å². The summed E-state index contributed by atoms with van der Waals surface area (Å²) in [5.74, 6) is 1.95. The van der Waals surface area contributed by atoms with Gasteiger partial charge in [-0.25, -0.2) is 0 Å².